The fourth-order valence-electron chi connectivity index (χ4n) is 2.54. The molecule has 0 atom stereocenters. The molecule has 7 heteroatoms. The number of H-pyrrole nitrogens is 1. The highest BCUT2D eigenvalue weighted by molar-refractivity contribution is 5.80. The highest BCUT2D eigenvalue weighted by atomic mass is 16.5. The van der Waals surface area contributed by atoms with Gasteiger partial charge in [-0.1, -0.05) is 5.21 Å². The van der Waals surface area contributed by atoms with E-state index in [4.69, 9.17) is 18.9 Å². The minimum Gasteiger partial charge on any atom is -0.496 e. The molecule has 0 aliphatic rings. The zero-order valence-electron chi connectivity index (χ0n) is 14.4. The normalized spacial score (nSPS) is 10.4. The van der Waals surface area contributed by atoms with E-state index in [9.17, 15) is 0 Å². The van der Waals surface area contributed by atoms with Gasteiger partial charge in [0.15, 0.2) is 11.5 Å². The van der Waals surface area contributed by atoms with Gasteiger partial charge in [-0.05, 0) is 30.3 Å². The molecule has 1 aromatic heterocycles. The number of hydrogen-bond donors (Lipinski definition) is 1. The Kier molecular flexibility index (Phi) is 4.74. The van der Waals surface area contributed by atoms with Gasteiger partial charge in [0, 0.05) is 17.2 Å². The van der Waals surface area contributed by atoms with Crippen molar-refractivity contribution in [3.05, 3.63) is 36.4 Å². The zero-order valence-corrected chi connectivity index (χ0v) is 14.4. The number of nitrogens with zero attached hydrogens (tertiary/aromatic N) is 2. The standard InChI is InChI=1S/C18H18N3O4/c1-22-13-7-5-11(6-8-13)16-17(20-21-19-16)12-9-14(23-2)18(25-4)15(10-12)24-3/h5-7,9-10H,1-4H3,(H,19,20,21). The number of nitrogens with one attached hydrogen (secondary N) is 1. The molecule has 1 heterocycles. The van der Waals surface area contributed by atoms with Gasteiger partial charge in [-0.2, -0.15) is 0 Å². The van der Waals surface area contributed by atoms with Crippen LogP contribution in [0, 0.1) is 6.07 Å². The van der Waals surface area contributed by atoms with E-state index in [1.165, 1.54) is 0 Å². The number of ether oxygens (including phenoxy) is 4. The van der Waals surface area contributed by atoms with Crippen LogP contribution in [0.2, 0.25) is 0 Å². The highest BCUT2D eigenvalue weighted by Crippen LogP contribution is 2.42. The first-order chi connectivity index (χ1) is 12.2. The smallest absolute Gasteiger partial charge is 0.203 e. The Labute approximate surface area is 145 Å². The minimum atomic E-state index is 0.528. The number of rotatable bonds is 6. The van der Waals surface area contributed by atoms with E-state index in [1.54, 1.807) is 34.5 Å². The van der Waals surface area contributed by atoms with E-state index >= 15 is 0 Å². The molecule has 0 spiro atoms. The Morgan fingerprint density at radius 3 is 2.12 bits per heavy atom. The van der Waals surface area contributed by atoms with Crippen LogP contribution in [-0.2, 0) is 0 Å². The van der Waals surface area contributed by atoms with E-state index in [0.717, 1.165) is 16.8 Å². The molecular weight excluding hydrogens is 322 g/mol. The van der Waals surface area contributed by atoms with Gasteiger partial charge in [-0.25, -0.2) is 0 Å². The van der Waals surface area contributed by atoms with Crippen LogP contribution < -0.4 is 18.9 Å². The first kappa shape index (κ1) is 16.6. The summed E-state index contributed by atoms with van der Waals surface area (Å²) in [5.74, 6) is 2.29. The van der Waals surface area contributed by atoms with Crippen LogP contribution in [0.3, 0.4) is 0 Å². The summed E-state index contributed by atoms with van der Waals surface area (Å²) >= 11 is 0. The molecule has 3 aromatic rings. The van der Waals surface area contributed by atoms with Crippen LogP contribution in [0.4, 0.5) is 0 Å². The fourth-order valence-corrected chi connectivity index (χ4v) is 2.54. The lowest BCUT2D eigenvalue weighted by Gasteiger charge is -2.14. The van der Waals surface area contributed by atoms with Gasteiger partial charge in [-0.3, -0.25) is 5.10 Å². The van der Waals surface area contributed by atoms with Crippen LogP contribution >= 0.6 is 0 Å². The molecule has 7 nitrogen and oxygen atoms in total. The Bertz CT molecular complexity index is 834. The summed E-state index contributed by atoms with van der Waals surface area (Å²) in [4.78, 5) is 0. The third-order valence-corrected chi connectivity index (χ3v) is 3.78. The van der Waals surface area contributed by atoms with Crippen molar-refractivity contribution in [1.29, 1.82) is 0 Å². The summed E-state index contributed by atoms with van der Waals surface area (Å²) in [6.45, 7) is 0. The van der Waals surface area contributed by atoms with Crippen molar-refractivity contribution in [2.75, 3.05) is 28.4 Å². The molecule has 0 bridgehead atoms. The van der Waals surface area contributed by atoms with Crippen LogP contribution in [0.25, 0.3) is 22.5 Å². The predicted molar refractivity (Wildman–Crippen MR) is 92.3 cm³/mol. The van der Waals surface area contributed by atoms with Gasteiger partial charge in [0.1, 0.15) is 11.4 Å². The van der Waals surface area contributed by atoms with Crippen LogP contribution in [-0.4, -0.2) is 43.8 Å². The Balaban J connectivity index is 2.10. The van der Waals surface area contributed by atoms with Crippen LogP contribution in [0.5, 0.6) is 23.0 Å². The summed E-state index contributed by atoms with van der Waals surface area (Å²) in [6, 6.07) is 12.2. The van der Waals surface area contributed by atoms with E-state index in [1.807, 2.05) is 24.3 Å². The summed E-state index contributed by atoms with van der Waals surface area (Å²) in [5, 5.41) is 11.1. The lowest BCUT2D eigenvalue weighted by molar-refractivity contribution is 0.324. The molecular formula is C18H18N3O4. The van der Waals surface area contributed by atoms with Crippen LogP contribution in [0.1, 0.15) is 0 Å². The number of hydrogen-bond acceptors (Lipinski definition) is 6. The Morgan fingerprint density at radius 1 is 0.880 bits per heavy atom. The molecule has 0 saturated carbocycles. The van der Waals surface area contributed by atoms with E-state index in [0.29, 0.717) is 28.7 Å². The monoisotopic (exact) mass is 340 g/mol. The number of benzene rings is 2. The van der Waals surface area contributed by atoms with Crippen molar-refractivity contribution in [3.63, 3.8) is 0 Å². The molecule has 0 saturated heterocycles. The average Bonchev–Trinajstić information content (AvgIpc) is 3.16. The molecule has 2 aromatic carbocycles. The summed E-state index contributed by atoms with van der Waals surface area (Å²) in [6.07, 6.45) is 0. The van der Waals surface area contributed by atoms with Crippen molar-refractivity contribution >= 4 is 0 Å². The summed E-state index contributed by atoms with van der Waals surface area (Å²) in [5.41, 5.74) is 3.09. The maximum Gasteiger partial charge on any atom is 0.203 e. The molecule has 0 aliphatic carbocycles. The first-order valence-electron chi connectivity index (χ1n) is 7.49. The Morgan fingerprint density at radius 2 is 1.60 bits per heavy atom. The molecule has 0 aliphatic heterocycles. The molecule has 129 valence electrons. The van der Waals surface area contributed by atoms with Crippen molar-refractivity contribution in [3.8, 4) is 45.5 Å². The Hall–Kier alpha value is -3.22. The molecule has 0 unspecified atom stereocenters. The molecule has 1 radical (unpaired) electrons. The fraction of sp³-hybridized carbons (Fsp3) is 0.222. The highest BCUT2D eigenvalue weighted by Gasteiger charge is 2.18. The first-order valence-corrected chi connectivity index (χ1v) is 7.49. The third kappa shape index (κ3) is 3.08. The lowest BCUT2D eigenvalue weighted by Crippen LogP contribution is -1.96. The minimum absolute atomic E-state index is 0.528. The predicted octanol–water partition coefficient (Wildman–Crippen LogP) is 2.97. The molecule has 0 fully saturated rings. The number of methoxy groups -OCH3 is 4. The summed E-state index contributed by atoms with van der Waals surface area (Å²) in [7, 11) is 6.32. The lowest BCUT2D eigenvalue weighted by atomic mass is 10.0. The maximum atomic E-state index is 5.41. The number of aromatic nitrogens is 3. The van der Waals surface area contributed by atoms with Gasteiger partial charge < -0.3 is 18.9 Å². The molecule has 25 heavy (non-hydrogen) atoms. The quantitative estimate of drug-likeness (QED) is 0.743. The maximum absolute atomic E-state index is 5.41. The van der Waals surface area contributed by atoms with Crippen molar-refractivity contribution in [2.24, 2.45) is 0 Å². The second-order valence-electron chi connectivity index (χ2n) is 5.10. The van der Waals surface area contributed by atoms with Crippen molar-refractivity contribution < 1.29 is 18.9 Å². The molecule has 1 N–H and O–H groups in total. The SMILES string of the molecule is COc1[c]cc(-c2nn[nH]c2-c2cc(OC)c(OC)c(OC)c2)cc1. The van der Waals surface area contributed by atoms with E-state index in [2.05, 4.69) is 21.5 Å². The van der Waals surface area contributed by atoms with Gasteiger partial charge in [0.25, 0.3) is 0 Å². The van der Waals surface area contributed by atoms with Gasteiger partial charge in [0.2, 0.25) is 5.75 Å². The van der Waals surface area contributed by atoms with Crippen molar-refractivity contribution in [1.82, 2.24) is 15.4 Å². The van der Waals surface area contributed by atoms with Gasteiger partial charge in [0.05, 0.1) is 34.1 Å². The van der Waals surface area contributed by atoms with Gasteiger partial charge >= 0.3 is 0 Å². The second kappa shape index (κ2) is 7.12. The third-order valence-electron chi connectivity index (χ3n) is 3.78. The molecule has 0 amide bonds. The number of aromatic amines is 1. The largest absolute Gasteiger partial charge is 0.496 e. The van der Waals surface area contributed by atoms with Gasteiger partial charge in [-0.15, -0.1) is 5.10 Å². The van der Waals surface area contributed by atoms with E-state index < -0.39 is 0 Å². The summed E-state index contributed by atoms with van der Waals surface area (Å²) < 4.78 is 21.3. The zero-order chi connectivity index (χ0) is 17.8. The van der Waals surface area contributed by atoms with E-state index in [-0.39, 0.29) is 0 Å². The average molecular weight is 340 g/mol. The van der Waals surface area contributed by atoms with Crippen molar-refractivity contribution in [2.45, 2.75) is 0 Å². The topological polar surface area (TPSA) is 78.5 Å². The molecule has 3 rings (SSSR count). The van der Waals surface area contributed by atoms with Crippen LogP contribution in [0.15, 0.2) is 30.3 Å². The second-order valence-corrected chi connectivity index (χ2v) is 5.10.